The highest BCUT2D eigenvalue weighted by atomic mass is 31.2. The molecule has 70 heavy (non-hydrogen) atoms. The Labute approximate surface area is 426 Å². The number of esters is 2. The van der Waals surface area contributed by atoms with Gasteiger partial charge in [-0.2, -0.15) is 0 Å². The molecule has 1 fully saturated rings. The molecule has 414 valence electrons. The zero-order valence-electron chi connectivity index (χ0n) is 44.6. The second kappa shape index (κ2) is 46.1. The van der Waals surface area contributed by atoms with Gasteiger partial charge in [0.1, 0.15) is 43.2 Å². The summed E-state index contributed by atoms with van der Waals surface area (Å²) in [4.78, 5) is 36.0. The van der Waals surface area contributed by atoms with Crippen molar-refractivity contribution in [3.8, 4) is 0 Å². The molecular weight excluding hydrogens is 912 g/mol. The average Bonchev–Trinajstić information content (AvgIpc) is 3.34. The molecule has 1 aliphatic rings. The first-order chi connectivity index (χ1) is 33.9. The summed E-state index contributed by atoms with van der Waals surface area (Å²) in [7, 11) is -5.12. The van der Waals surface area contributed by atoms with Crippen LogP contribution >= 0.6 is 7.82 Å². The van der Waals surface area contributed by atoms with Gasteiger partial charge in [0, 0.05) is 12.8 Å². The van der Waals surface area contributed by atoms with E-state index in [1.807, 2.05) is 0 Å². The molecular formula is C56H107O13P. The first-order valence-electron chi connectivity index (χ1n) is 29.0. The number of hydrogen-bond donors (Lipinski definition) is 6. The first kappa shape index (κ1) is 66.6. The van der Waals surface area contributed by atoms with E-state index < -0.39 is 75.7 Å². The highest BCUT2D eigenvalue weighted by Crippen LogP contribution is 2.47. The summed E-state index contributed by atoms with van der Waals surface area (Å²) in [6.07, 6.45) is 39.7. The Morgan fingerprint density at radius 2 is 0.729 bits per heavy atom. The average molecular weight is 1020 g/mol. The minimum absolute atomic E-state index is 0.101. The fraction of sp³-hybridized carbons (Fsp3) is 0.929. The minimum Gasteiger partial charge on any atom is -0.462 e. The van der Waals surface area contributed by atoms with E-state index in [-0.39, 0.29) is 12.8 Å². The molecule has 8 atom stereocenters. The predicted octanol–water partition coefficient (Wildman–Crippen LogP) is 13.4. The third kappa shape index (κ3) is 37.3. The van der Waals surface area contributed by atoms with Crippen LogP contribution in [-0.4, -0.2) is 98.3 Å². The van der Waals surface area contributed by atoms with Gasteiger partial charge in [0.05, 0.1) is 6.61 Å². The fourth-order valence-electron chi connectivity index (χ4n) is 9.23. The van der Waals surface area contributed by atoms with Gasteiger partial charge in [-0.15, -0.1) is 0 Å². The number of carbonyl (C=O) groups is 2. The maximum absolute atomic E-state index is 12.9. The molecule has 6 unspecified atom stereocenters. The number of hydrogen-bond acceptors (Lipinski definition) is 12. The molecule has 0 aromatic carbocycles. The molecule has 0 aliphatic heterocycles. The van der Waals surface area contributed by atoms with E-state index >= 15 is 0 Å². The molecule has 0 amide bonds. The molecule has 14 heteroatoms. The number of phosphoric ester groups is 1. The lowest BCUT2D eigenvalue weighted by Crippen LogP contribution is -2.64. The molecule has 0 radical (unpaired) electrons. The van der Waals surface area contributed by atoms with E-state index in [1.165, 1.54) is 193 Å². The van der Waals surface area contributed by atoms with E-state index in [4.69, 9.17) is 18.5 Å². The lowest BCUT2D eigenvalue weighted by atomic mass is 9.85. The van der Waals surface area contributed by atoms with Crippen LogP contribution in [-0.2, 0) is 32.7 Å². The Hall–Kier alpha value is -1.41. The third-order valence-corrected chi connectivity index (χ3v) is 14.8. The van der Waals surface area contributed by atoms with E-state index in [0.717, 1.165) is 44.9 Å². The van der Waals surface area contributed by atoms with Gasteiger partial charge >= 0.3 is 19.8 Å². The van der Waals surface area contributed by atoms with Gasteiger partial charge in [-0.3, -0.25) is 18.6 Å². The fourth-order valence-corrected chi connectivity index (χ4v) is 10.2. The highest BCUT2D eigenvalue weighted by molar-refractivity contribution is 7.47. The summed E-state index contributed by atoms with van der Waals surface area (Å²) in [5.41, 5.74) is 0. The summed E-state index contributed by atoms with van der Waals surface area (Å²) in [5.74, 6) is -1.08. The van der Waals surface area contributed by atoms with E-state index in [1.54, 1.807) is 0 Å². The number of aliphatic hydroxyl groups is 5. The van der Waals surface area contributed by atoms with Gasteiger partial charge in [-0.1, -0.05) is 238 Å². The zero-order chi connectivity index (χ0) is 51.3. The number of rotatable bonds is 50. The Bertz CT molecular complexity index is 1270. The molecule has 13 nitrogen and oxygen atoms in total. The monoisotopic (exact) mass is 1020 g/mol. The number of aliphatic hydroxyl groups excluding tert-OH is 5. The van der Waals surface area contributed by atoms with Crippen molar-refractivity contribution >= 4 is 19.8 Å². The number of ether oxygens (including phenoxy) is 2. The molecule has 1 aliphatic carbocycles. The van der Waals surface area contributed by atoms with Crippen LogP contribution in [0.1, 0.15) is 277 Å². The quantitative estimate of drug-likeness (QED) is 0.0145. The zero-order valence-corrected chi connectivity index (χ0v) is 45.5. The van der Waals surface area contributed by atoms with Crippen LogP contribution in [0.5, 0.6) is 0 Å². The topological polar surface area (TPSA) is 210 Å². The number of phosphoric acid groups is 1. The highest BCUT2D eigenvalue weighted by Gasteiger charge is 2.51. The second-order valence-electron chi connectivity index (χ2n) is 20.5. The van der Waals surface area contributed by atoms with Crippen molar-refractivity contribution in [1.29, 1.82) is 0 Å². The smallest absolute Gasteiger partial charge is 0.462 e. The van der Waals surface area contributed by atoms with Gasteiger partial charge in [-0.25, -0.2) is 4.57 Å². The SMILES string of the molecule is CCCCCCCC/C=C/CCCCCCCCCCCCCC(=O)O[C@@H](COC(=O)CCCCCCCCCCCCCCCCCCCCCC)COP(=O)(O)OC1C(O)C(O)C(O)[C@H](O)C1O. The molecule has 1 rings (SSSR count). The van der Waals surface area contributed by atoms with Crippen molar-refractivity contribution in [1.82, 2.24) is 0 Å². The third-order valence-electron chi connectivity index (χ3n) is 13.9. The maximum Gasteiger partial charge on any atom is 0.472 e. The van der Waals surface area contributed by atoms with Crippen LogP contribution in [0.4, 0.5) is 0 Å². The lowest BCUT2D eigenvalue weighted by Gasteiger charge is -2.41. The predicted molar refractivity (Wildman–Crippen MR) is 281 cm³/mol. The van der Waals surface area contributed by atoms with Crippen LogP contribution in [0, 0.1) is 0 Å². The second-order valence-corrected chi connectivity index (χ2v) is 21.9. The van der Waals surface area contributed by atoms with Gasteiger partial charge in [0.25, 0.3) is 0 Å². The van der Waals surface area contributed by atoms with E-state index in [2.05, 4.69) is 26.0 Å². The van der Waals surface area contributed by atoms with E-state index in [0.29, 0.717) is 12.8 Å². The molecule has 0 saturated heterocycles. The van der Waals surface area contributed by atoms with Crippen molar-refractivity contribution in [3.63, 3.8) is 0 Å². The lowest BCUT2D eigenvalue weighted by molar-refractivity contribution is -0.220. The van der Waals surface area contributed by atoms with Crippen LogP contribution in [0.25, 0.3) is 0 Å². The van der Waals surface area contributed by atoms with Gasteiger partial charge < -0.3 is 39.9 Å². The number of carbonyl (C=O) groups excluding carboxylic acids is 2. The normalized spacial score (nSPS) is 20.7. The molecule has 0 aromatic heterocycles. The molecule has 0 heterocycles. The molecule has 0 aromatic rings. The molecule has 0 bridgehead atoms. The summed E-state index contributed by atoms with van der Waals surface area (Å²) in [5, 5.41) is 50.4. The van der Waals surface area contributed by atoms with Crippen LogP contribution in [0.3, 0.4) is 0 Å². The molecule has 1 saturated carbocycles. The summed E-state index contributed by atoms with van der Waals surface area (Å²) < 4.78 is 33.8. The van der Waals surface area contributed by atoms with Crippen molar-refractivity contribution in [2.45, 2.75) is 320 Å². The maximum atomic E-state index is 12.9. The first-order valence-corrected chi connectivity index (χ1v) is 30.5. The van der Waals surface area contributed by atoms with Gasteiger partial charge in [0.15, 0.2) is 6.10 Å². The van der Waals surface area contributed by atoms with Crippen LogP contribution < -0.4 is 0 Å². The minimum atomic E-state index is -5.12. The van der Waals surface area contributed by atoms with Crippen molar-refractivity contribution in [3.05, 3.63) is 12.2 Å². The Balaban J connectivity index is 2.32. The van der Waals surface area contributed by atoms with Gasteiger partial charge in [-0.05, 0) is 38.5 Å². The van der Waals surface area contributed by atoms with Crippen molar-refractivity contribution in [2.75, 3.05) is 13.2 Å². The summed E-state index contributed by atoms with van der Waals surface area (Å²) >= 11 is 0. The Morgan fingerprint density at radius 1 is 0.429 bits per heavy atom. The summed E-state index contributed by atoms with van der Waals surface area (Å²) in [6.45, 7) is 3.36. The standard InChI is InChI=1S/C56H107O13P/c1-3-5-7-9-11-13-15-17-19-21-23-25-27-29-31-33-35-37-39-41-43-45-50(58)68-48(47-67-70(64,65)69-56-54(62)52(60)51(59)53(61)55(56)63)46-66-49(57)44-42-40-38-36-34-32-30-28-26-24-22-20-18-16-14-12-10-8-6-4-2/h17,19,48,51-56,59-63H,3-16,18,20-47H2,1-2H3,(H,64,65)/b19-17+/t48-,51?,52-,53?,54?,55?,56?/m0/s1. The van der Waals surface area contributed by atoms with E-state index in [9.17, 15) is 44.6 Å². The van der Waals surface area contributed by atoms with Crippen LogP contribution in [0.15, 0.2) is 12.2 Å². The number of allylic oxidation sites excluding steroid dienone is 2. The van der Waals surface area contributed by atoms with Crippen molar-refractivity contribution in [2.24, 2.45) is 0 Å². The van der Waals surface area contributed by atoms with Crippen molar-refractivity contribution < 1.29 is 63.1 Å². The summed E-state index contributed by atoms with van der Waals surface area (Å²) in [6, 6.07) is 0. The van der Waals surface area contributed by atoms with Gasteiger partial charge in [0.2, 0.25) is 0 Å². The number of unbranched alkanes of at least 4 members (excludes halogenated alkanes) is 36. The molecule has 6 N–H and O–H groups in total. The molecule has 0 spiro atoms. The largest absolute Gasteiger partial charge is 0.472 e. The Morgan fingerprint density at radius 3 is 1.09 bits per heavy atom. The van der Waals surface area contributed by atoms with Crippen LogP contribution in [0.2, 0.25) is 0 Å². The Kier molecular flexibility index (Phi) is 43.9.